The molecule has 1 aromatic rings. The van der Waals surface area contributed by atoms with Gasteiger partial charge in [0.15, 0.2) is 0 Å². The molecule has 1 unspecified atom stereocenters. The molecular weight excluding hydrogens is 247 g/mol. The summed E-state index contributed by atoms with van der Waals surface area (Å²) >= 11 is 11.5. The number of carbonyl (C=O) groups excluding carboxylic acids is 1. The molecule has 1 fully saturated rings. The summed E-state index contributed by atoms with van der Waals surface area (Å²) in [4.78, 5) is 17.1. The van der Waals surface area contributed by atoms with Crippen molar-refractivity contribution in [3.63, 3.8) is 0 Å². The maximum atomic E-state index is 11.7. The molecule has 1 atom stereocenters. The van der Waals surface area contributed by atoms with Crippen molar-refractivity contribution in [2.45, 2.75) is 6.42 Å². The van der Waals surface area contributed by atoms with Gasteiger partial charge < -0.3 is 4.90 Å². The normalized spacial score (nSPS) is 19.9. The van der Waals surface area contributed by atoms with Gasteiger partial charge in [-0.3, -0.25) is 4.79 Å². The van der Waals surface area contributed by atoms with Crippen LogP contribution in [0.2, 0.25) is 10.2 Å². The van der Waals surface area contributed by atoms with Crippen molar-refractivity contribution in [3.8, 4) is 12.3 Å². The summed E-state index contributed by atoms with van der Waals surface area (Å²) in [6, 6.07) is 1.62. The van der Waals surface area contributed by atoms with Crippen molar-refractivity contribution in [3.05, 3.63) is 22.4 Å². The Morgan fingerprint density at radius 1 is 1.56 bits per heavy atom. The fraction of sp³-hybridized carbons (Fsp3) is 0.273. The molecule has 1 aliphatic heterocycles. The zero-order valence-electron chi connectivity index (χ0n) is 8.28. The second kappa shape index (κ2) is 4.32. The molecule has 1 saturated heterocycles. The van der Waals surface area contributed by atoms with E-state index < -0.39 is 0 Å². The third-order valence-corrected chi connectivity index (χ3v) is 3.14. The predicted octanol–water partition coefficient (Wildman–Crippen LogP) is 2.37. The molecule has 1 aromatic heterocycles. The first-order valence-electron chi connectivity index (χ1n) is 4.69. The highest BCUT2D eigenvalue weighted by atomic mass is 35.5. The molecule has 0 aliphatic carbocycles. The first-order chi connectivity index (χ1) is 7.61. The van der Waals surface area contributed by atoms with E-state index in [-0.39, 0.29) is 17.0 Å². The van der Waals surface area contributed by atoms with Crippen molar-refractivity contribution in [2.24, 2.45) is 5.92 Å². The SMILES string of the molecule is C#CC1CC(=O)N(c2cnc(Cl)c(Cl)c2)C1. The van der Waals surface area contributed by atoms with Gasteiger partial charge in [-0.05, 0) is 6.07 Å². The van der Waals surface area contributed by atoms with Crippen molar-refractivity contribution < 1.29 is 4.79 Å². The minimum atomic E-state index is -0.0399. The predicted molar refractivity (Wildman–Crippen MR) is 63.6 cm³/mol. The van der Waals surface area contributed by atoms with Crippen LogP contribution < -0.4 is 4.90 Å². The fourth-order valence-corrected chi connectivity index (χ4v) is 1.89. The lowest BCUT2D eigenvalue weighted by Crippen LogP contribution is -2.24. The molecule has 0 spiro atoms. The molecule has 5 heteroatoms. The van der Waals surface area contributed by atoms with Crippen LogP contribution in [0.15, 0.2) is 12.3 Å². The number of anilines is 1. The Balaban J connectivity index is 2.29. The molecule has 16 heavy (non-hydrogen) atoms. The molecule has 82 valence electrons. The Hall–Kier alpha value is -1.24. The first kappa shape index (κ1) is 11.3. The van der Waals surface area contributed by atoms with Gasteiger partial charge in [0.2, 0.25) is 5.91 Å². The lowest BCUT2D eigenvalue weighted by atomic mass is 10.1. The summed E-state index contributed by atoms with van der Waals surface area (Å²) in [6.45, 7) is 0.509. The van der Waals surface area contributed by atoms with Crippen LogP contribution in [0.3, 0.4) is 0 Å². The number of amides is 1. The summed E-state index contributed by atoms with van der Waals surface area (Å²) in [5.41, 5.74) is 0.636. The number of hydrogen-bond donors (Lipinski definition) is 0. The lowest BCUT2D eigenvalue weighted by Gasteiger charge is -2.15. The maximum absolute atomic E-state index is 11.7. The summed E-state index contributed by atoms with van der Waals surface area (Å²) in [7, 11) is 0. The van der Waals surface area contributed by atoms with Gasteiger partial charge in [-0.25, -0.2) is 4.98 Å². The molecule has 0 saturated carbocycles. The number of nitrogens with zero attached hydrogens (tertiary/aromatic N) is 2. The summed E-state index contributed by atoms with van der Waals surface area (Å²) in [5, 5.41) is 0.557. The molecule has 0 bridgehead atoms. The van der Waals surface area contributed by atoms with E-state index >= 15 is 0 Å². The van der Waals surface area contributed by atoms with Crippen LogP contribution >= 0.6 is 23.2 Å². The van der Waals surface area contributed by atoms with Gasteiger partial charge in [-0.15, -0.1) is 12.3 Å². The quantitative estimate of drug-likeness (QED) is 0.570. The largest absolute Gasteiger partial charge is 0.310 e. The number of terminal acetylenes is 1. The van der Waals surface area contributed by atoms with Gasteiger partial charge in [-0.1, -0.05) is 23.2 Å². The van der Waals surface area contributed by atoms with E-state index in [0.29, 0.717) is 23.7 Å². The molecule has 0 aromatic carbocycles. The van der Waals surface area contributed by atoms with Crippen molar-refractivity contribution in [1.29, 1.82) is 0 Å². The van der Waals surface area contributed by atoms with Crippen LogP contribution in [0.4, 0.5) is 5.69 Å². The minimum absolute atomic E-state index is 0.0110. The van der Waals surface area contributed by atoms with Gasteiger partial charge in [-0.2, -0.15) is 0 Å². The van der Waals surface area contributed by atoms with E-state index in [0.717, 1.165) is 0 Å². The Kier molecular flexibility index (Phi) is 3.04. The van der Waals surface area contributed by atoms with E-state index in [9.17, 15) is 4.79 Å². The Morgan fingerprint density at radius 3 is 2.88 bits per heavy atom. The van der Waals surface area contributed by atoms with Crippen molar-refractivity contribution in [2.75, 3.05) is 11.4 Å². The molecule has 1 amide bonds. The van der Waals surface area contributed by atoms with E-state index in [1.807, 2.05) is 0 Å². The van der Waals surface area contributed by atoms with E-state index in [1.165, 1.54) is 6.20 Å². The zero-order chi connectivity index (χ0) is 11.7. The second-order valence-corrected chi connectivity index (χ2v) is 4.30. The van der Waals surface area contributed by atoms with Crippen LogP contribution in [0.5, 0.6) is 0 Å². The highest BCUT2D eigenvalue weighted by Gasteiger charge is 2.29. The topological polar surface area (TPSA) is 33.2 Å². The van der Waals surface area contributed by atoms with Gasteiger partial charge in [0.25, 0.3) is 0 Å². The van der Waals surface area contributed by atoms with Crippen LogP contribution in [-0.2, 0) is 4.79 Å². The maximum Gasteiger partial charge on any atom is 0.228 e. The number of aromatic nitrogens is 1. The lowest BCUT2D eigenvalue weighted by molar-refractivity contribution is -0.117. The van der Waals surface area contributed by atoms with E-state index in [2.05, 4.69) is 10.9 Å². The smallest absolute Gasteiger partial charge is 0.228 e. The molecule has 2 rings (SSSR count). The van der Waals surface area contributed by atoms with Crippen LogP contribution in [0.1, 0.15) is 6.42 Å². The standard InChI is InChI=1S/C11H8Cl2N2O/c1-2-7-3-10(16)15(6-7)8-4-9(12)11(13)14-5-8/h1,4-5,7H,3,6H2. The Bertz CT molecular complexity index is 481. The van der Waals surface area contributed by atoms with Crippen molar-refractivity contribution >= 4 is 34.8 Å². The van der Waals surface area contributed by atoms with E-state index in [4.69, 9.17) is 29.6 Å². The van der Waals surface area contributed by atoms with Gasteiger partial charge >= 0.3 is 0 Å². The Labute approximate surface area is 103 Å². The minimum Gasteiger partial charge on any atom is -0.310 e. The number of pyridine rings is 1. The first-order valence-corrected chi connectivity index (χ1v) is 5.45. The number of carbonyl (C=O) groups is 1. The van der Waals surface area contributed by atoms with Gasteiger partial charge in [0.05, 0.1) is 16.9 Å². The molecule has 2 heterocycles. The molecule has 0 radical (unpaired) electrons. The molecule has 1 aliphatic rings. The number of halogens is 2. The second-order valence-electron chi connectivity index (χ2n) is 3.54. The van der Waals surface area contributed by atoms with Gasteiger partial charge in [0.1, 0.15) is 5.15 Å². The molecular formula is C11H8Cl2N2O. The average Bonchev–Trinajstić information content (AvgIpc) is 2.64. The van der Waals surface area contributed by atoms with Crippen LogP contribution in [-0.4, -0.2) is 17.4 Å². The Morgan fingerprint density at radius 2 is 2.31 bits per heavy atom. The van der Waals surface area contributed by atoms with Crippen LogP contribution in [0, 0.1) is 18.3 Å². The third-order valence-electron chi connectivity index (χ3n) is 2.45. The summed E-state index contributed by atoms with van der Waals surface area (Å²) < 4.78 is 0. The molecule has 0 N–H and O–H groups in total. The van der Waals surface area contributed by atoms with Crippen LogP contribution in [0.25, 0.3) is 0 Å². The van der Waals surface area contributed by atoms with E-state index in [1.54, 1.807) is 11.0 Å². The summed E-state index contributed by atoms with van der Waals surface area (Å²) in [5.74, 6) is 2.53. The third kappa shape index (κ3) is 1.99. The molecule has 3 nitrogen and oxygen atoms in total. The average molecular weight is 255 g/mol. The highest BCUT2D eigenvalue weighted by Crippen LogP contribution is 2.28. The number of hydrogen-bond acceptors (Lipinski definition) is 2. The fourth-order valence-electron chi connectivity index (χ4n) is 1.63. The number of rotatable bonds is 1. The zero-order valence-corrected chi connectivity index (χ0v) is 9.79. The van der Waals surface area contributed by atoms with Gasteiger partial charge in [0, 0.05) is 18.9 Å². The van der Waals surface area contributed by atoms with Crippen molar-refractivity contribution in [1.82, 2.24) is 4.98 Å². The summed E-state index contributed by atoms with van der Waals surface area (Å²) in [6.07, 6.45) is 7.19. The highest BCUT2D eigenvalue weighted by molar-refractivity contribution is 6.41. The monoisotopic (exact) mass is 254 g/mol.